The van der Waals surface area contributed by atoms with Gasteiger partial charge in [0.25, 0.3) is 5.56 Å². The monoisotopic (exact) mass is 329 g/mol. The highest BCUT2D eigenvalue weighted by Gasteiger charge is 2.18. The number of carbonyl (C=O) groups excluding carboxylic acids is 1. The first-order valence-corrected chi connectivity index (χ1v) is 8.55. The molecule has 22 heavy (non-hydrogen) atoms. The second-order valence-electron chi connectivity index (χ2n) is 5.38. The van der Waals surface area contributed by atoms with Crippen molar-refractivity contribution in [3.63, 3.8) is 0 Å². The molecule has 0 aromatic carbocycles. The Bertz CT molecular complexity index is 680. The van der Waals surface area contributed by atoms with Gasteiger partial charge in [-0.15, -0.1) is 0 Å². The summed E-state index contributed by atoms with van der Waals surface area (Å²) in [5, 5.41) is 2.78. The van der Waals surface area contributed by atoms with Gasteiger partial charge in [-0.1, -0.05) is 13.3 Å². The number of amides is 1. The van der Waals surface area contributed by atoms with Gasteiger partial charge in [-0.25, -0.2) is 12.7 Å². The number of hydrogen-bond donors (Lipinski definition) is 1. The largest absolute Gasteiger partial charge is 0.352 e. The molecule has 1 N–H and O–H groups in total. The van der Waals surface area contributed by atoms with E-state index >= 15 is 0 Å². The highest BCUT2D eigenvalue weighted by atomic mass is 32.2. The van der Waals surface area contributed by atoms with Gasteiger partial charge in [0, 0.05) is 32.4 Å². The van der Waals surface area contributed by atoms with Gasteiger partial charge in [-0.2, -0.15) is 0 Å². The van der Waals surface area contributed by atoms with Crippen LogP contribution in [0.3, 0.4) is 0 Å². The van der Waals surface area contributed by atoms with Gasteiger partial charge in [-0.05, 0) is 19.4 Å². The van der Waals surface area contributed by atoms with Crippen molar-refractivity contribution in [1.82, 2.24) is 14.2 Å². The molecule has 0 aliphatic carbocycles. The molecular formula is C14H23N3O4S. The Kier molecular flexibility index (Phi) is 6.31. The third-order valence-corrected chi connectivity index (χ3v) is 4.98. The minimum absolute atomic E-state index is 0.0156. The molecule has 7 nitrogen and oxygen atoms in total. The normalized spacial score (nSPS) is 13.1. The summed E-state index contributed by atoms with van der Waals surface area (Å²) in [6, 6.07) is 2.41. The lowest BCUT2D eigenvalue weighted by Gasteiger charge is -2.15. The molecule has 1 atom stereocenters. The molecular weight excluding hydrogens is 306 g/mol. The quantitative estimate of drug-likeness (QED) is 0.784. The summed E-state index contributed by atoms with van der Waals surface area (Å²) in [4.78, 5) is 23.7. The molecule has 0 fully saturated rings. The van der Waals surface area contributed by atoms with E-state index in [1.807, 2.05) is 13.8 Å². The van der Waals surface area contributed by atoms with Crippen LogP contribution in [0.4, 0.5) is 0 Å². The van der Waals surface area contributed by atoms with E-state index in [2.05, 4.69) is 5.32 Å². The predicted octanol–water partition coefficient (Wildman–Crippen LogP) is 0.403. The number of nitrogens with one attached hydrogen (secondary N) is 1. The van der Waals surface area contributed by atoms with E-state index in [1.165, 1.54) is 26.4 Å². The lowest BCUT2D eigenvalue weighted by molar-refractivity contribution is -0.122. The molecule has 0 aliphatic heterocycles. The first-order chi connectivity index (χ1) is 10.2. The topological polar surface area (TPSA) is 88.5 Å². The van der Waals surface area contributed by atoms with Crippen molar-refractivity contribution >= 4 is 15.9 Å². The van der Waals surface area contributed by atoms with Crippen LogP contribution in [-0.4, -0.2) is 43.3 Å². The highest BCUT2D eigenvalue weighted by molar-refractivity contribution is 7.89. The fourth-order valence-corrected chi connectivity index (χ4v) is 2.90. The van der Waals surface area contributed by atoms with E-state index in [0.29, 0.717) is 0 Å². The standard InChI is InChI=1S/C14H23N3O4S/c1-5-6-11(2)15-13(18)10-17-9-12(7-8-14(17)19)22(20,21)16(3)4/h7-9,11H,5-6,10H2,1-4H3,(H,15,18)/t11-/m0/s1. The molecule has 1 aromatic heterocycles. The minimum atomic E-state index is -3.64. The van der Waals surface area contributed by atoms with Crippen molar-refractivity contribution in [2.24, 2.45) is 0 Å². The van der Waals surface area contributed by atoms with E-state index in [9.17, 15) is 18.0 Å². The van der Waals surface area contributed by atoms with Crippen LogP contribution in [0.1, 0.15) is 26.7 Å². The first-order valence-electron chi connectivity index (χ1n) is 7.11. The summed E-state index contributed by atoms with van der Waals surface area (Å²) in [5.41, 5.74) is -0.420. The van der Waals surface area contributed by atoms with E-state index in [0.717, 1.165) is 27.8 Å². The second kappa shape index (κ2) is 7.55. The Morgan fingerprint density at radius 2 is 2.00 bits per heavy atom. The summed E-state index contributed by atoms with van der Waals surface area (Å²) in [5.74, 6) is -0.317. The Balaban J connectivity index is 2.97. The van der Waals surface area contributed by atoms with Crippen LogP contribution in [0.2, 0.25) is 0 Å². The molecule has 0 bridgehead atoms. The lowest BCUT2D eigenvalue weighted by Crippen LogP contribution is -2.37. The number of rotatable bonds is 7. The van der Waals surface area contributed by atoms with Crippen LogP contribution in [0.5, 0.6) is 0 Å². The minimum Gasteiger partial charge on any atom is -0.352 e. The van der Waals surface area contributed by atoms with E-state index in [4.69, 9.17) is 0 Å². The molecule has 0 unspecified atom stereocenters. The Labute approximate surface area is 131 Å². The van der Waals surface area contributed by atoms with Crippen LogP contribution in [0, 0.1) is 0 Å². The van der Waals surface area contributed by atoms with Crippen molar-refractivity contribution in [2.45, 2.75) is 44.2 Å². The molecule has 124 valence electrons. The van der Waals surface area contributed by atoms with Crippen molar-refractivity contribution in [1.29, 1.82) is 0 Å². The average Bonchev–Trinajstić information content (AvgIpc) is 2.40. The fourth-order valence-electron chi connectivity index (χ4n) is 1.98. The van der Waals surface area contributed by atoms with Gasteiger partial charge in [-0.3, -0.25) is 9.59 Å². The number of carbonyl (C=O) groups is 1. The molecule has 1 rings (SSSR count). The van der Waals surface area contributed by atoms with Gasteiger partial charge in [0.15, 0.2) is 0 Å². The van der Waals surface area contributed by atoms with Crippen LogP contribution in [0.15, 0.2) is 28.0 Å². The summed E-state index contributed by atoms with van der Waals surface area (Å²) in [6.45, 7) is 3.70. The second-order valence-corrected chi connectivity index (χ2v) is 7.53. The van der Waals surface area contributed by atoms with Crippen LogP contribution in [-0.2, 0) is 21.4 Å². The maximum atomic E-state index is 12.1. The Morgan fingerprint density at radius 3 is 2.55 bits per heavy atom. The highest BCUT2D eigenvalue weighted by Crippen LogP contribution is 2.10. The summed E-state index contributed by atoms with van der Waals surface area (Å²) in [7, 11) is -0.828. The first kappa shape index (κ1) is 18.4. The maximum Gasteiger partial charge on any atom is 0.251 e. The number of sulfonamides is 1. The maximum absolute atomic E-state index is 12.1. The molecule has 1 heterocycles. The van der Waals surface area contributed by atoms with Crippen LogP contribution in [0.25, 0.3) is 0 Å². The molecule has 0 saturated heterocycles. The average molecular weight is 329 g/mol. The van der Waals surface area contributed by atoms with Gasteiger partial charge in [0.2, 0.25) is 15.9 Å². The molecule has 0 aliphatic rings. The molecule has 1 amide bonds. The number of hydrogen-bond acceptors (Lipinski definition) is 4. The summed E-state index contributed by atoms with van der Waals surface area (Å²) in [6.07, 6.45) is 2.98. The number of nitrogens with zero attached hydrogens (tertiary/aromatic N) is 2. The zero-order valence-corrected chi connectivity index (χ0v) is 14.2. The zero-order valence-electron chi connectivity index (χ0n) is 13.4. The van der Waals surface area contributed by atoms with Crippen LogP contribution < -0.4 is 10.9 Å². The third kappa shape index (κ3) is 4.67. The SMILES string of the molecule is CCC[C@H](C)NC(=O)Cn1cc(S(=O)(=O)N(C)C)ccc1=O. The van der Waals surface area contributed by atoms with Gasteiger partial charge in [0.05, 0.1) is 4.90 Å². The van der Waals surface area contributed by atoms with Crippen molar-refractivity contribution in [3.05, 3.63) is 28.7 Å². The molecule has 0 spiro atoms. The smallest absolute Gasteiger partial charge is 0.251 e. The van der Waals surface area contributed by atoms with E-state index < -0.39 is 15.6 Å². The molecule has 8 heteroatoms. The van der Waals surface area contributed by atoms with E-state index in [-0.39, 0.29) is 23.4 Å². The van der Waals surface area contributed by atoms with Gasteiger partial charge < -0.3 is 9.88 Å². The van der Waals surface area contributed by atoms with Crippen molar-refractivity contribution in [2.75, 3.05) is 14.1 Å². The Hall–Kier alpha value is -1.67. The number of aromatic nitrogens is 1. The lowest BCUT2D eigenvalue weighted by atomic mass is 10.2. The molecule has 0 radical (unpaired) electrons. The van der Waals surface area contributed by atoms with Gasteiger partial charge in [0.1, 0.15) is 6.54 Å². The predicted molar refractivity (Wildman–Crippen MR) is 84.1 cm³/mol. The third-order valence-electron chi connectivity index (χ3n) is 3.18. The number of pyridine rings is 1. The summed E-state index contributed by atoms with van der Waals surface area (Å²) < 4.78 is 26.3. The van der Waals surface area contributed by atoms with Crippen molar-refractivity contribution < 1.29 is 13.2 Å². The molecule has 0 saturated carbocycles. The van der Waals surface area contributed by atoms with Crippen molar-refractivity contribution in [3.8, 4) is 0 Å². The van der Waals surface area contributed by atoms with E-state index in [1.54, 1.807) is 0 Å². The fraction of sp³-hybridized carbons (Fsp3) is 0.571. The van der Waals surface area contributed by atoms with Gasteiger partial charge >= 0.3 is 0 Å². The summed E-state index contributed by atoms with van der Waals surface area (Å²) >= 11 is 0. The Morgan fingerprint density at radius 1 is 1.36 bits per heavy atom. The molecule has 1 aromatic rings. The zero-order chi connectivity index (χ0) is 16.9. The van der Waals surface area contributed by atoms with Crippen LogP contribution >= 0.6 is 0 Å².